The minimum Gasteiger partial charge on any atom is -0.360 e. The van der Waals surface area contributed by atoms with Gasteiger partial charge in [-0.05, 0) is 36.6 Å². The highest BCUT2D eigenvalue weighted by Gasteiger charge is 2.06. The van der Waals surface area contributed by atoms with Gasteiger partial charge in [0.1, 0.15) is 13.1 Å². The smallest absolute Gasteiger partial charge is 0.168 e. The number of rotatable bonds is 8. The van der Waals surface area contributed by atoms with E-state index in [0.717, 1.165) is 72.7 Å². The molecule has 0 fully saturated rings. The van der Waals surface area contributed by atoms with Crippen LogP contribution in [0.25, 0.3) is 0 Å². The van der Waals surface area contributed by atoms with Crippen LogP contribution < -0.4 is 19.8 Å². The van der Waals surface area contributed by atoms with Crippen molar-refractivity contribution in [3.05, 3.63) is 139 Å². The molecule has 0 spiro atoms. The maximum Gasteiger partial charge on any atom is 0.168 e. The van der Waals surface area contributed by atoms with E-state index in [1.807, 2.05) is 61.1 Å². The molecule has 40 heavy (non-hydrogen) atoms. The molecule has 0 unspecified atom stereocenters. The Morgan fingerprint density at radius 2 is 1.15 bits per heavy atom. The van der Waals surface area contributed by atoms with Crippen molar-refractivity contribution < 1.29 is 9.13 Å². The molecule has 3 heterocycles. The van der Waals surface area contributed by atoms with Gasteiger partial charge in [-0.3, -0.25) is 9.98 Å². The summed E-state index contributed by atoms with van der Waals surface area (Å²) in [5.74, 6) is 0. The summed E-state index contributed by atoms with van der Waals surface area (Å²) in [6, 6.07) is 28.7. The third kappa shape index (κ3) is 8.08. The van der Waals surface area contributed by atoms with E-state index >= 15 is 0 Å². The monoisotopic (exact) mass is 528 g/mol. The lowest BCUT2D eigenvalue weighted by Gasteiger charge is -2.12. The third-order valence-electron chi connectivity index (χ3n) is 6.70. The van der Waals surface area contributed by atoms with E-state index in [4.69, 9.17) is 9.98 Å². The Labute approximate surface area is 236 Å². The average Bonchev–Trinajstić information content (AvgIpc) is 3.01. The second kappa shape index (κ2) is 14.4. The molecule has 0 saturated heterocycles. The fraction of sp³-hybridized carbons (Fsp3) is 0.176. The molecule has 2 N–H and O–H groups in total. The average molecular weight is 529 g/mol. The second-order valence-corrected chi connectivity index (χ2v) is 9.70. The molecule has 0 bridgehead atoms. The molecule has 5 rings (SSSR count). The van der Waals surface area contributed by atoms with E-state index in [1.165, 1.54) is 0 Å². The molecule has 2 aromatic carbocycles. The Morgan fingerprint density at radius 3 is 1.85 bits per heavy atom. The molecular weight excluding hydrogens is 492 g/mol. The van der Waals surface area contributed by atoms with E-state index in [0.29, 0.717) is 0 Å². The van der Waals surface area contributed by atoms with Crippen molar-refractivity contribution in [2.75, 3.05) is 10.6 Å². The summed E-state index contributed by atoms with van der Waals surface area (Å²) in [5.41, 5.74) is 6.01. The minimum absolute atomic E-state index is 0.843. The van der Waals surface area contributed by atoms with Gasteiger partial charge in [-0.1, -0.05) is 42.5 Å². The van der Waals surface area contributed by atoms with Gasteiger partial charge in [0, 0.05) is 67.5 Å². The topological polar surface area (TPSA) is 56.5 Å². The first kappa shape index (κ1) is 26.8. The number of aryl methyl sites for hydroxylation is 2. The zero-order valence-electron chi connectivity index (χ0n) is 22.7. The fourth-order valence-electron chi connectivity index (χ4n) is 4.51. The zero-order valence-corrected chi connectivity index (χ0v) is 22.7. The van der Waals surface area contributed by atoms with Crippen molar-refractivity contribution in [2.45, 2.75) is 38.8 Å². The number of nitrogens with zero attached hydrogens (tertiary/aromatic N) is 4. The number of hydrogen-bond donors (Lipinski definition) is 2. The molecule has 0 aliphatic carbocycles. The van der Waals surface area contributed by atoms with E-state index < -0.39 is 0 Å². The molecule has 0 atom stereocenters. The van der Waals surface area contributed by atoms with E-state index in [-0.39, 0.29) is 0 Å². The van der Waals surface area contributed by atoms with Gasteiger partial charge in [0.2, 0.25) is 0 Å². The largest absolute Gasteiger partial charge is 0.360 e. The minimum atomic E-state index is 0.843. The number of allylic oxidation sites excluding steroid dienone is 2. The summed E-state index contributed by atoms with van der Waals surface area (Å²) in [4.78, 5) is 9.81. The summed E-state index contributed by atoms with van der Waals surface area (Å²) in [5, 5.41) is 7.03. The van der Waals surface area contributed by atoms with Gasteiger partial charge in [-0.2, -0.15) is 0 Å². The van der Waals surface area contributed by atoms with Crippen molar-refractivity contribution >= 4 is 29.5 Å². The van der Waals surface area contributed by atoms with Crippen LogP contribution in [-0.2, 0) is 13.1 Å². The molecule has 2 aromatic heterocycles. The Morgan fingerprint density at radius 1 is 0.550 bits per heavy atom. The van der Waals surface area contributed by atoms with Gasteiger partial charge in [-0.25, -0.2) is 9.13 Å². The molecule has 4 aromatic rings. The van der Waals surface area contributed by atoms with Crippen LogP contribution in [0.5, 0.6) is 0 Å². The SMILES string of the molecule is C1=N/C(CCC[n+]2ccccc2)=C/Nc2ccccc2N/C=C(/CCC[n+]2ccccc2)C=Nc2ccccc21. The lowest BCUT2D eigenvalue weighted by Crippen LogP contribution is -2.32. The molecule has 200 valence electrons. The Kier molecular flexibility index (Phi) is 9.60. The normalized spacial score (nSPS) is 15.7. The maximum atomic E-state index is 4.91. The van der Waals surface area contributed by atoms with Crippen molar-refractivity contribution in [3.63, 3.8) is 0 Å². The molecule has 6 heteroatoms. The highest BCUT2D eigenvalue weighted by atomic mass is 15.0. The Balaban J connectivity index is 1.38. The molecule has 0 saturated carbocycles. The molecule has 1 aliphatic heterocycles. The predicted molar refractivity (Wildman–Crippen MR) is 164 cm³/mol. The Hall–Kier alpha value is -4.84. The predicted octanol–water partition coefficient (Wildman–Crippen LogP) is 6.61. The summed E-state index contributed by atoms with van der Waals surface area (Å²) >= 11 is 0. The quantitative estimate of drug-likeness (QED) is 0.253. The highest BCUT2D eigenvalue weighted by Crippen LogP contribution is 2.24. The van der Waals surface area contributed by atoms with Crippen LogP contribution in [-0.4, -0.2) is 12.4 Å². The van der Waals surface area contributed by atoms with Crippen molar-refractivity contribution in [2.24, 2.45) is 9.98 Å². The maximum absolute atomic E-state index is 4.91. The lowest BCUT2D eigenvalue weighted by molar-refractivity contribution is -0.697. The highest BCUT2D eigenvalue weighted by molar-refractivity contribution is 5.90. The van der Waals surface area contributed by atoms with Gasteiger partial charge in [0.15, 0.2) is 24.8 Å². The summed E-state index contributed by atoms with van der Waals surface area (Å²) in [6.45, 7) is 1.88. The number of aromatic nitrogens is 2. The summed E-state index contributed by atoms with van der Waals surface area (Å²) in [6.07, 6.45) is 20.1. The summed E-state index contributed by atoms with van der Waals surface area (Å²) < 4.78 is 4.41. The molecule has 0 radical (unpaired) electrons. The summed E-state index contributed by atoms with van der Waals surface area (Å²) in [7, 11) is 0. The first-order chi connectivity index (χ1) is 19.8. The van der Waals surface area contributed by atoms with Gasteiger partial charge in [0.05, 0.1) is 22.8 Å². The van der Waals surface area contributed by atoms with Gasteiger partial charge in [-0.15, -0.1) is 0 Å². The van der Waals surface area contributed by atoms with Crippen LogP contribution >= 0.6 is 0 Å². The first-order valence-corrected chi connectivity index (χ1v) is 13.9. The number of hydrogen-bond acceptors (Lipinski definition) is 4. The number of nitrogens with one attached hydrogen (secondary N) is 2. The number of pyridine rings is 2. The number of fused-ring (bicyclic) bond motifs is 2. The lowest BCUT2D eigenvalue weighted by atomic mass is 10.1. The third-order valence-corrected chi connectivity index (χ3v) is 6.70. The van der Waals surface area contributed by atoms with Crippen LogP contribution in [0.4, 0.5) is 17.1 Å². The number of para-hydroxylation sites is 3. The first-order valence-electron chi connectivity index (χ1n) is 13.9. The number of benzene rings is 2. The molecular formula is C34H36N6+2. The zero-order chi connectivity index (χ0) is 27.2. The van der Waals surface area contributed by atoms with E-state index in [2.05, 4.69) is 93.2 Å². The van der Waals surface area contributed by atoms with Gasteiger partial charge < -0.3 is 10.6 Å². The van der Waals surface area contributed by atoms with Crippen LogP contribution in [0.3, 0.4) is 0 Å². The second-order valence-electron chi connectivity index (χ2n) is 9.70. The molecule has 1 aliphatic rings. The van der Waals surface area contributed by atoms with Crippen molar-refractivity contribution in [3.8, 4) is 0 Å². The van der Waals surface area contributed by atoms with Crippen LogP contribution in [0, 0.1) is 0 Å². The fourth-order valence-corrected chi connectivity index (χ4v) is 4.51. The number of aliphatic imine (C=N–C) groups is 2. The van der Waals surface area contributed by atoms with Crippen molar-refractivity contribution in [1.82, 2.24) is 0 Å². The van der Waals surface area contributed by atoms with Crippen molar-refractivity contribution in [1.29, 1.82) is 0 Å². The molecule has 0 amide bonds. The Bertz CT molecular complexity index is 1380. The molecule has 6 nitrogen and oxygen atoms in total. The standard InChI is InChI=1S/C34H36N6/c1-7-19-39(20-8-1)23-11-13-29-25-36-32-16-4-3-14-30(32)27-35-31(15-12-24-40-21-9-2-10-22-40)28-38-34-18-6-5-17-33(34)37-26-29/h1-10,14,16-22,25-28,37-38H,11-13,15,23-24H2/q+2/b29-26-,31-28+,35-27?,36-25?. The van der Waals surface area contributed by atoms with Crippen LogP contribution in [0.1, 0.15) is 31.2 Å². The van der Waals surface area contributed by atoms with Crippen LogP contribution in [0.2, 0.25) is 0 Å². The van der Waals surface area contributed by atoms with Gasteiger partial charge >= 0.3 is 0 Å². The van der Waals surface area contributed by atoms with E-state index in [1.54, 1.807) is 0 Å². The number of anilines is 2. The van der Waals surface area contributed by atoms with E-state index in [9.17, 15) is 0 Å². The van der Waals surface area contributed by atoms with Crippen LogP contribution in [0.15, 0.2) is 143 Å². The van der Waals surface area contributed by atoms with Gasteiger partial charge in [0.25, 0.3) is 0 Å².